The summed E-state index contributed by atoms with van der Waals surface area (Å²) < 4.78 is 4.74. The second-order valence-electron chi connectivity index (χ2n) is 7.70. The van der Waals surface area contributed by atoms with Crippen molar-refractivity contribution in [2.75, 3.05) is 26.7 Å². The maximum absolute atomic E-state index is 12.6. The first-order chi connectivity index (χ1) is 14.1. The first-order valence-corrected chi connectivity index (χ1v) is 9.91. The summed E-state index contributed by atoms with van der Waals surface area (Å²) in [5.74, 6) is -0.432. The molecule has 4 rings (SSSR count). The molecule has 29 heavy (non-hydrogen) atoms. The Balaban J connectivity index is 1.37. The number of carbonyl (C=O) groups excluding carboxylic acids is 3. The van der Waals surface area contributed by atoms with E-state index in [1.54, 1.807) is 36.4 Å². The zero-order valence-electron chi connectivity index (χ0n) is 16.5. The minimum Gasteiger partial charge on any atom is -0.465 e. The molecule has 2 aliphatic rings. The second kappa shape index (κ2) is 8.17. The number of methoxy groups -OCH3 is 1. The molecule has 2 heterocycles. The van der Waals surface area contributed by atoms with E-state index in [1.165, 1.54) is 12.0 Å². The predicted molar refractivity (Wildman–Crippen MR) is 108 cm³/mol. The van der Waals surface area contributed by atoms with Crippen LogP contribution in [0.5, 0.6) is 0 Å². The third kappa shape index (κ3) is 3.93. The number of ether oxygens (including phenoxy) is 1. The summed E-state index contributed by atoms with van der Waals surface area (Å²) in [6, 6.07) is 14.5. The smallest absolute Gasteiger partial charge is 0.337 e. The molecule has 0 bridgehead atoms. The number of likely N-dealkylation sites (tertiary alicyclic amines) is 1. The van der Waals surface area contributed by atoms with Crippen molar-refractivity contribution < 1.29 is 19.1 Å². The van der Waals surface area contributed by atoms with Crippen molar-refractivity contribution in [1.29, 1.82) is 0 Å². The van der Waals surface area contributed by atoms with Gasteiger partial charge in [-0.2, -0.15) is 0 Å². The minimum atomic E-state index is -0.337. The maximum Gasteiger partial charge on any atom is 0.337 e. The molecule has 2 aromatic rings. The van der Waals surface area contributed by atoms with Gasteiger partial charge in [0.05, 0.1) is 23.8 Å². The van der Waals surface area contributed by atoms with Gasteiger partial charge in [-0.3, -0.25) is 19.4 Å². The first kappa shape index (κ1) is 19.3. The van der Waals surface area contributed by atoms with E-state index in [0.29, 0.717) is 23.2 Å². The van der Waals surface area contributed by atoms with Crippen molar-refractivity contribution in [3.63, 3.8) is 0 Å². The van der Waals surface area contributed by atoms with Gasteiger partial charge in [0.2, 0.25) is 0 Å². The number of piperidine rings is 1. The highest BCUT2D eigenvalue weighted by Gasteiger charge is 2.37. The van der Waals surface area contributed by atoms with Crippen molar-refractivity contribution in [3.05, 3.63) is 70.8 Å². The lowest BCUT2D eigenvalue weighted by Crippen LogP contribution is -2.42. The lowest BCUT2D eigenvalue weighted by atomic mass is 9.96. The Hall–Kier alpha value is -2.99. The topological polar surface area (TPSA) is 66.9 Å². The molecule has 0 radical (unpaired) electrons. The number of fused-ring (bicyclic) bond motifs is 1. The zero-order chi connectivity index (χ0) is 20.4. The number of amides is 2. The van der Waals surface area contributed by atoms with E-state index in [-0.39, 0.29) is 23.7 Å². The number of benzene rings is 2. The lowest BCUT2D eigenvalue weighted by Gasteiger charge is -2.34. The van der Waals surface area contributed by atoms with E-state index in [0.717, 1.165) is 38.0 Å². The van der Waals surface area contributed by atoms with Crippen LogP contribution in [0.15, 0.2) is 48.5 Å². The van der Waals surface area contributed by atoms with Crippen LogP contribution in [0.2, 0.25) is 0 Å². The molecule has 0 saturated carbocycles. The summed E-state index contributed by atoms with van der Waals surface area (Å²) in [6.07, 6.45) is 2.04. The molecule has 0 spiro atoms. The molecule has 1 fully saturated rings. The Morgan fingerprint density at radius 1 is 1.03 bits per heavy atom. The highest BCUT2D eigenvalue weighted by Crippen LogP contribution is 2.26. The molecule has 0 aliphatic carbocycles. The fraction of sp³-hybridized carbons (Fsp3) is 0.348. The summed E-state index contributed by atoms with van der Waals surface area (Å²) in [6.45, 7) is 3.06. The van der Waals surface area contributed by atoms with E-state index in [2.05, 4.69) is 4.90 Å². The maximum atomic E-state index is 12.6. The Bertz CT molecular complexity index is 903. The van der Waals surface area contributed by atoms with Crippen LogP contribution < -0.4 is 0 Å². The predicted octanol–water partition coefficient (Wildman–Crippen LogP) is 2.98. The average molecular weight is 392 g/mol. The molecule has 150 valence electrons. The van der Waals surface area contributed by atoms with Crippen LogP contribution in [0.3, 0.4) is 0 Å². The number of imide groups is 1. The molecule has 1 atom stereocenters. The highest BCUT2D eigenvalue weighted by atomic mass is 16.5. The molecule has 6 nitrogen and oxygen atoms in total. The van der Waals surface area contributed by atoms with E-state index in [4.69, 9.17) is 4.74 Å². The summed E-state index contributed by atoms with van der Waals surface area (Å²) in [7, 11) is 1.37. The van der Waals surface area contributed by atoms with Gasteiger partial charge < -0.3 is 4.74 Å². The van der Waals surface area contributed by atoms with Gasteiger partial charge in [-0.1, -0.05) is 24.3 Å². The number of nitrogens with zero attached hydrogens (tertiary/aromatic N) is 2. The van der Waals surface area contributed by atoms with Crippen molar-refractivity contribution in [2.24, 2.45) is 5.92 Å². The van der Waals surface area contributed by atoms with Crippen molar-refractivity contribution in [1.82, 2.24) is 9.80 Å². The van der Waals surface area contributed by atoms with Crippen molar-refractivity contribution in [3.8, 4) is 0 Å². The molecule has 0 aromatic heterocycles. The summed E-state index contributed by atoms with van der Waals surface area (Å²) in [4.78, 5) is 40.6. The normalized spacial score (nSPS) is 19.3. The number of hydrogen-bond donors (Lipinski definition) is 0. The molecular weight excluding hydrogens is 368 g/mol. The number of carbonyl (C=O) groups is 3. The Labute approximate surface area is 170 Å². The van der Waals surface area contributed by atoms with E-state index >= 15 is 0 Å². The summed E-state index contributed by atoms with van der Waals surface area (Å²) in [5, 5.41) is 0. The fourth-order valence-corrected chi connectivity index (χ4v) is 4.23. The van der Waals surface area contributed by atoms with Crippen LogP contribution in [0.25, 0.3) is 0 Å². The molecule has 0 N–H and O–H groups in total. The Morgan fingerprint density at radius 3 is 2.31 bits per heavy atom. The largest absolute Gasteiger partial charge is 0.465 e. The van der Waals surface area contributed by atoms with Crippen molar-refractivity contribution >= 4 is 17.8 Å². The number of esters is 1. The highest BCUT2D eigenvalue weighted by molar-refractivity contribution is 6.21. The fourth-order valence-electron chi connectivity index (χ4n) is 4.23. The molecule has 1 saturated heterocycles. The molecule has 2 aliphatic heterocycles. The monoisotopic (exact) mass is 392 g/mol. The Kier molecular flexibility index (Phi) is 5.45. The Morgan fingerprint density at radius 2 is 1.69 bits per heavy atom. The average Bonchev–Trinajstić information content (AvgIpc) is 2.99. The van der Waals surface area contributed by atoms with Gasteiger partial charge in [0.15, 0.2) is 0 Å². The van der Waals surface area contributed by atoms with Crippen LogP contribution in [0, 0.1) is 5.92 Å². The molecule has 6 heteroatoms. The lowest BCUT2D eigenvalue weighted by molar-refractivity contribution is 0.0579. The van der Waals surface area contributed by atoms with Gasteiger partial charge in [-0.15, -0.1) is 0 Å². The molecular formula is C23H24N2O4. The molecule has 1 unspecified atom stereocenters. The molecule has 2 amide bonds. The van der Waals surface area contributed by atoms with Crippen LogP contribution >= 0.6 is 0 Å². The second-order valence-corrected chi connectivity index (χ2v) is 7.70. The summed E-state index contributed by atoms with van der Waals surface area (Å²) in [5.41, 5.74) is 2.68. The minimum absolute atomic E-state index is 0.180. The number of rotatable bonds is 5. The third-order valence-electron chi connectivity index (χ3n) is 5.70. The van der Waals surface area contributed by atoms with Gasteiger partial charge in [0.25, 0.3) is 11.8 Å². The van der Waals surface area contributed by atoms with Gasteiger partial charge in [-0.05, 0) is 55.1 Å². The van der Waals surface area contributed by atoms with E-state index in [9.17, 15) is 14.4 Å². The van der Waals surface area contributed by atoms with Crippen LogP contribution in [-0.4, -0.2) is 54.3 Å². The van der Waals surface area contributed by atoms with Gasteiger partial charge >= 0.3 is 5.97 Å². The van der Waals surface area contributed by atoms with Crippen molar-refractivity contribution in [2.45, 2.75) is 19.4 Å². The standard InChI is InChI=1S/C23H24N2O4/c1-29-23(28)18-10-8-16(9-11-18)13-24-12-4-5-17(14-24)15-25-21(26)19-6-2-3-7-20(19)22(25)27/h2-3,6-11,17H,4-5,12-15H2,1H3. The zero-order valence-corrected chi connectivity index (χ0v) is 16.5. The van der Waals surface area contributed by atoms with Gasteiger partial charge in [0, 0.05) is 19.6 Å². The first-order valence-electron chi connectivity index (χ1n) is 9.91. The van der Waals surface area contributed by atoms with Gasteiger partial charge in [-0.25, -0.2) is 4.79 Å². The molecule has 2 aromatic carbocycles. The van der Waals surface area contributed by atoms with E-state index < -0.39 is 0 Å². The number of hydrogen-bond acceptors (Lipinski definition) is 5. The van der Waals surface area contributed by atoms with Crippen LogP contribution in [-0.2, 0) is 11.3 Å². The quantitative estimate of drug-likeness (QED) is 0.578. The van der Waals surface area contributed by atoms with Crippen LogP contribution in [0.4, 0.5) is 0 Å². The third-order valence-corrected chi connectivity index (χ3v) is 5.70. The van der Waals surface area contributed by atoms with Crippen LogP contribution in [0.1, 0.15) is 49.5 Å². The SMILES string of the molecule is COC(=O)c1ccc(CN2CCCC(CN3C(=O)c4ccccc4C3=O)C2)cc1. The summed E-state index contributed by atoms with van der Waals surface area (Å²) >= 11 is 0. The van der Waals surface area contributed by atoms with Gasteiger partial charge in [0.1, 0.15) is 0 Å². The van der Waals surface area contributed by atoms with E-state index in [1.807, 2.05) is 12.1 Å².